The van der Waals surface area contributed by atoms with E-state index in [9.17, 15) is 4.79 Å². The van der Waals surface area contributed by atoms with E-state index in [0.717, 1.165) is 44.8 Å². The molecule has 0 aliphatic carbocycles. The van der Waals surface area contributed by atoms with E-state index in [1.807, 2.05) is 12.1 Å². The summed E-state index contributed by atoms with van der Waals surface area (Å²) >= 11 is 0. The molecule has 1 heterocycles. The van der Waals surface area contributed by atoms with E-state index in [0.29, 0.717) is 12.5 Å². The third-order valence-corrected chi connectivity index (χ3v) is 3.68. The molecule has 1 aromatic rings. The van der Waals surface area contributed by atoms with Crippen molar-refractivity contribution in [1.82, 2.24) is 10.2 Å². The van der Waals surface area contributed by atoms with E-state index < -0.39 is 0 Å². The molecule has 116 valence electrons. The smallest absolute Gasteiger partial charge is 0.251 e. The zero-order valence-electron chi connectivity index (χ0n) is 13.1. The van der Waals surface area contributed by atoms with Crippen LogP contribution in [0.3, 0.4) is 0 Å². The molecule has 0 spiro atoms. The highest BCUT2D eigenvalue weighted by atomic mass is 16.5. The normalized spacial score (nSPS) is 16.1. The first-order valence-electron chi connectivity index (χ1n) is 7.82. The van der Waals surface area contributed by atoms with Crippen molar-refractivity contribution in [2.45, 2.75) is 20.3 Å². The lowest BCUT2D eigenvalue weighted by Gasteiger charge is -2.26. The van der Waals surface area contributed by atoms with E-state index in [4.69, 9.17) is 4.74 Å². The largest absolute Gasteiger partial charge is 0.379 e. The number of ether oxygens (including phenoxy) is 1. The Morgan fingerprint density at radius 3 is 2.52 bits per heavy atom. The zero-order valence-corrected chi connectivity index (χ0v) is 13.1. The highest BCUT2D eigenvalue weighted by Crippen LogP contribution is 2.09. The molecule has 0 bridgehead atoms. The van der Waals surface area contributed by atoms with Gasteiger partial charge in [0.1, 0.15) is 0 Å². The van der Waals surface area contributed by atoms with Crippen molar-refractivity contribution in [3.63, 3.8) is 0 Å². The number of nitrogens with zero attached hydrogens (tertiary/aromatic N) is 1. The highest BCUT2D eigenvalue weighted by molar-refractivity contribution is 5.94. The van der Waals surface area contributed by atoms with E-state index >= 15 is 0 Å². The van der Waals surface area contributed by atoms with Crippen molar-refractivity contribution >= 4 is 5.91 Å². The average molecular weight is 290 g/mol. The lowest BCUT2D eigenvalue weighted by atomic mass is 10.0. The standard InChI is InChI=1S/C17H26N2O2/c1-14(2)13-15-3-5-16(6-4-15)17(20)18-7-8-19-9-11-21-12-10-19/h3-6,14H,7-13H2,1-2H3,(H,18,20). The Bertz CT molecular complexity index is 437. The van der Waals surface area contributed by atoms with Gasteiger partial charge in [-0.05, 0) is 30.0 Å². The Balaban J connectivity index is 1.74. The molecule has 1 amide bonds. The van der Waals surface area contributed by atoms with Crippen molar-refractivity contribution in [2.75, 3.05) is 39.4 Å². The lowest BCUT2D eigenvalue weighted by molar-refractivity contribution is 0.0383. The molecule has 0 unspecified atom stereocenters. The Kier molecular flexibility index (Phi) is 6.21. The van der Waals surface area contributed by atoms with Gasteiger partial charge in [-0.25, -0.2) is 0 Å². The molecule has 1 aliphatic heterocycles. The minimum absolute atomic E-state index is 0.0133. The Labute approximate surface area is 127 Å². The van der Waals surface area contributed by atoms with Crippen LogP contribution >= 0.6 is 0 Å². The van der Waals surface area contributed by atoms with Gasteiger partial charge >= 0.3 is 0 Å². The van der Waals surface area contributed by atoms with Crippen LogP contribution in [0.2, 0.25) is 0 Å². The van der Waals surface area contributed by atoms with Crippen LogP contribution < -0.4 is 5.32 Å². The quantitative estimate of drug-likeness (QED) is 0.870. The first-order valence-corrected chi connectivity index (χ1v) is 7.82. The number of amides is 1. The van der Waals surface area contributed by atoms with Gasteiger partial charge in [0.25, 0.3) is 5.91 Å². The number of benzene rings is 1. The summed E-state index contributed by atoms with van der Waals surface area (Å²) in [6, 6.07) is 7.94. The van der Waals surface area contributed by atoms with E-state index in [1.165, 1.54) is 5.56 Å². The summed E-state index contributed by atoms with van der Waals surface area (Å²) in [5.41, 5.74) is 2.03. The minimum atomic E-state index is 0.0133. The molecule has 4 heteroatoms. The van der Waals surface area contributed by atoms with Gasteiger partial charge in [-0.15, -0.1) is 0 Å². The van der Waals surface area contributed by atoms with Crippen molar-refractivity contribution in [2.24, 2.45) is 5.92 Å². The van der Waals surface area contributed by atoms with Gasteiger partial charge in [-0.2, -0.15) is 0 Å². The van der Waals surface area contributed by atoms with Crippen LogP contribution in [0.25, 0.3) is 0 Å². The summed E-state index contributed by atoms with van der Waals surface area (Å²) in [5, 5.41) is 2.99. The van der Waals surface area contributed by atoms with Crippen LogP contribution in [0, 0.1) is 5.92 Å². The first-order chi connectivity index (χ1) is 10.1. The maximum absolute atomic E-state index is 12.1. The fraction of sp³-hybridized carbons (Fsp3) is 0.588. The molecule has 1 aromatic carbocycles. The molecule has 4 nitrogen and oxygen atoms in total. The van der Waals surface area contributed by atoms with Crippen molar-refractivity contribution < 1.29 is 9.53 Å². The maximum Gasteiger partial charge on any atom is 0.251 e. The number of hydrogen-bond acceptors (Lipinski definition) is 3. The van der Waals surface area contributed by atoms with Gasteiger partial charge < -0.3 is 10.1 Å². The molecule has 1 aliphatic rings. The summed E-state index contributed by atoms with van der Waals surface area (Å²) in [5.74, 6) is 0.651. The Morgan fingerprint density at radius 2 is 1.90 bits per heavy atom. The molecule has 0 radical (unpaired) electrons. The minimum Gasteiger partial charge on any atom is -0.379 e. The van der Waals surface area contributed by atoms with Crippen molar-refractivity contribution in [1.29, 1.82) is 0 Å². The highest BCUT2D eigenvalue weighted by Gasteiger charge is 2.11. The van der Waals surface area contributed by atoms with Gasteiger partial charge in [0.05, 0.1) is 13.2 Å². The van der Waals surface area contributed by atoms with E-state index in [-0.39, 0.29) is 5.91 Å². The number of rotatable bonds is 6. The Morgan fingerprint density at radius 1 is 1.24 bits per heavy atom. The molecular weight excluding hydrogens is 264 g/mol. The molecule has 1 N–H and O–H groups in total. The molecule has 1 saturated heterocycles. The van der Waals surface area contributed by atoms with Crippen LogP contribution in [0.15, 0.2) is 24.3 Å². The van der Waals surface area contributed by atoms with Crippen molar-refractivity contribution in [3.8, 4) is 0 Å². The van der Waals surface area contributed by atoms with Crippen LogP contribution in [0.5, 0.6) is 0 Å². The summed E-state index contributed by atoms with van der Waals surface area (Å²) in [6.07, 6.45) is 1.05. The van der Waals surface area contributed by atoms with Gasteiger partial charge in [-0.3, -0.25) is 9.69 Å². The molecule has 0 atom stereocenters. The topological polar surface area (TPSA) is 41.6 Å². The number of nitrogens with one attached hydrogen (secondary N) is 1. The van der Waals surface area contributed by atoms with Crippen molar-refractivity contribution in [3.05, 3.63) is 35.4 Å². The molecule has 21 heavy (non-hydrogen) atoms. The first kappa shape index (κ1) is 16.0. The maximum atomic E-state index is 12.1. The fourth-order valence-electron chi connectivity index (χ4n) is 2.52. The van der Waals surface area contributed by atoms with Crippen LogP contribution in [-0.4, -0.2) is 50.2 Å². The lowest BCUT2D eigenvalue weighted by Crippen LogP contribution is -2.41. The molecule has 1 fully saturated rings. The van der Waals surface area contributed by atoms with E-state index in [2.05, 4.69) is 36.2 Å². The predicted octanol–water partition coefficient (Wildman–Crippen LogP) is 1.95. The Hall–Kier alpha value is -1.39. The number of carbonyl (C=O) groups excluding carboxylic acids is 1. The summed E-state index contributed by atoms with van der Waals surface area (Å²) < 4.78 is 5.31. The number of hydrogen-bond donors (Lipinski definition) is 1. The molecular formula is C17H26N2O2. The second-order valence-electron chi connectivity index (χ2n) is 6.00. The van der Waals surface area contributed by atoms with Gasteiger partial charge in [0, 0.05) is 31.7 Å². The SMILES string of the molecule is CC(C)Cc1ccc(C(=O)NCCN2CCOCC2)cc1. The van der Waals surface area contributed by atoms with Crippen LogP contribution in [-0.2, 0) is 11.2 Å². The van der Waals surface area contributed by atoms with Gasteiger partial charge in [0.15, 0.2) is 0 Å². The summed E-state index contributed by atoms with van der Waals surface area (Å²) in [4.78, 5) is 14.4. The van der Waals surface area contributed by atoms with E-state index in [1.54, 1.807) is 0 Å². The zero-order chi connectivity index (χ0) is 15.1. The number of carbonyl (C=O) groups is 1. The molecule has 0 aromatic heterocycles. The number of morpholine rings is 1. The predicted molar refractivity (Wildman–Crippen MR) is 84.6 cm³/mol. The second-order valence-corrected chi connectivity index (χ2v) is 6.00. The monoisotopic (exact) mass is 290 g/mol. The molecule has 0 saturated carbocycles. The molecule has 2 rings (SSSR count). The van der Waals surface area contributed by atoms with Gasteiger partial charge in [0.2, 0.25) is 0 Å². The van der Waals surface area contributed by atoms with Crippen LogP contribution in [0.4, 0.5) is 0 Å². The fourth-order valence-corrected chi connectivity index (χ4v) is 2.52. The second kappa shape index (κ2) is 8.15. The average Bonchev–Trinajstić information content (AvgIpc) is 2.48. The summed E-state index contributed by atoms with van der Waals surface area (Å²) in [7, 11) is 0. The van der Waals surface area contributed by atoms with Gasteiger partial charge in [-0.1, -0.05) is 26.0 Å². The summed E-state index contributed by atoms with van der Waals surface area (Å²) in [6.45, 7) is 9.49. The third-order valence-electron chi connectivity index (χ3n) is 3.68. The van der Waals surface area contributed by atoms with Crippen LogP contribution in [0.1, 0.15) is 29.8 Å². The third kappa shape index (κ3) is 5.48.